The molecule has 1 aliphatic rings. The lowest BCUT2D eigenvalue weighted by molar-refractivity contribution is -0.598. The van der Waals surface area contributed by atoms with Gasteiger partial charge in [-0.3, -0.25) is 14.9 Å². The van der Waals surface area contributed by atoms with Crippen molar-refractivity contribution >= 4 is 0 Å². The van der Waals surface area contributed by atoms with Crippen LogP contribution in [-0.2, 0) is 9.47 Å². The van der Waals surface area contributed by atoms with Gasteiger partial charge in [0.2, 0.25) is 0 Å². The zero-order valence-electron chi connectivity index (χ0n) is 11.3. The van der Waals surface area contributed by atoms with Gasteiger partial charge in [0.15, 0.2) is 6.29 Å². The summed E-state index contributed by atoms with van der Waals surface area (Å²) < 4.78 is 10.4. The van der Waals surface area contributed by atoms with Crippen molar-refractivity contribution in [1.29, 1.82) is 0 Å². The lowest BCUT2D eigenvalue weighted by Gasteiger charge is -2.39. The van der Waals surface area contributed by atoms with Crippen molar-refractivity contribution in [3.05, 3.63) is 46.0 Å². The fourth-order valence-electron chi connectivity index (χ4n) is 2.12. The number of benzene rings is 1. The Balaban J connectivity index is 2.16. The highest BCUT2D eigenvalue weighted by atomic mass is 16.7. The van der Waals surface area contributed by atoms with Gasteiger partial charge in [-0.15, -0.1) is 0 Å². The van der Waals surface area contributed by atoms with Crippen LogP contribution in [0.25, 0.3) is 0 Å². The number of aliphatic hydroxyl groups is 3. The predicted molar refractivity (Wildman–Crippen MR) is 69.6 cm³/mol. The van der Waals surface area contributed by atoms with Crippen LogP contribution in [0.4, 0.5) is 0 Å². The predicted octanol–water partition coefficient (Wildman–Crippen LogP) is -0.194. The van der Waals surface area contributed by atoms with Gasteiger partial charge < -0.3 is 20.1 Å². The number of rotatable bonds is 4. The van der Waals surface area contributed by atoms with Crippen LogP contribution < -0.4 is 0 Å². The van der Waals surface area contributed by atoms with Crippen LogP contribution in [0.3, 0.4) is 0 Å². The van der Waals surface area contributed by atoms with Crippen LogP contribution in [0.1, 0.15) is 18.7 Å². The molecule has 21 heavy (non-hydrogen) atoms. The molecule has 0 aliphatic carbocycles. The molecule has 0 radical (unpaired) electrons. The van der Waals surface area contributed by atoms with E-state index >= 15 is 0 Å². The van der Waals surface area contributed by atoms with Crippen molar-refractivity contribution in [2.75, 3.05) is 0 Å². The first-order valence-electron chi connectivity index (χ1n) is 6.45. The Labute approximate surface area is 120 Å². The maximum Gasteiger partial charge on any atom is 0.344 e. The van der Waals surface area contributed by atoms with Crippen LogP contribution >= 0.6 is 0 Å². The fraction of sp³-hybridized carbons (Fsp3) is 0.538. The van der Waals surface area contributed by atoms with Gasteiger partial charge in [0.25, 0.3) is 0 Å². The van der Waals surface area contributed by atoms with Crippen LogP contribution in [0.5, 0.6) is 0 Å². The van der Waals surface area contributed by atoms with Crippen molar-refractivity contribution in [2.24, 2.45) is 0 Å². The van der Waals surface area contributed by atoms with Crippen molar-refractivity contribution in [2.45, 2.75) is 43.9 Å². The number of hydrogen-bond donors (Lipinski definition) is 3. The largest absolute Gasteiger partial charge is 0.388 e. The topological polar surface area (TPSA) is 122 Å². The minimum absolute atomic E-state index is 0.284. The third-order valence-electron chi connectivity index (χ3n) is 3.35. The van der Waals surface area contributed by atoms with Crippen molar-refractivity contribution in [3.63, 3.8) is 0 Å². The summed E-state index contributed by atoms with van der Waals surface area (Å²) in [6.45, 7) is 1.47. The number of nitro groups is 1. The molecule has 1 aliphatic heterocycles. The van der Waals surface area contributed by atoms with Crippen LogP contribution in [0.15, 0.2) is 30.3 Å². The first kappa shape index (κ1) is 15.8. The number of nitrogens with zero attached hydrogens (tertiary/aromatic N) is 1. The summed E-state index contributed by atoms with van der Waals surface area (Å²) in [5.74, 6) is 0. The molecule has 116 valence electrons. The molecule has 0 bridgehead atoms. The zero-order chi connectivity index (χ0) is 15.6. The van der Waals surface area contributed by atoms with E-state index in [0.29, 0.717) is 0 Å². The number of ether oxygens (including phenoxy) is 2. The average Bonchev–Trinajstić information content (AvgIpc) is 2.48. The van der Waals surface area contributed by atoms with Crippen LogP contribution in [0.2, 0.25) is 0 Å². The third-order valence-corrected chi connectivity index (χ3v) is 3.35. The highest BCUT2D eigenvalue weighted by Crippen LogP contribution is 2.27. The molecule has 8 nitrogen and oxygen atoms in total. The molecular formula is C13H17NO7. The number of aliphatic hydroxyl groups excluding tert-OH is 3. The molecule has 0 saturated carbocycles. The normalized spacial score (nSPS) is 34.4. The molecule has 6 atom stereocenters. The molecule has 1 saturated heterocycles. The Morgan fingerprint density at radius 3 is 2.38 bits per heavy atom. The molecule has 0 amide bonds. The average molecular weight is 299 g/mol. The Hall–Kier alpha value is -1.58. The lowest BCUT2D eigenvalue weighted by atomic mass is 10.00. The summed E-state index contributed by atoms with van der Waals surface area (Å²) in [7, 11) is 0. The second kappa shape index (κ2) is 6.46. The highest BCUT2D eigenvalue weighted by Gasteiger charge is 2.45. The molecule has 1 aromatic rings. The maximum atomic E-state index is 11.1. The second-order valence-electron chi connectivity index (χ2n) is 4.87. The summed E-state index contributed by atoms with van der Waals surface area (Å²) in [6, 6.07) is 7.96. The zero-order valence-corrected chi connectivity index (χ0v) is 11.3. The fourth-order valence-corrected chi connectivity index (χ4v) is 2.12. The SMILES string of the molecule is C[C@H]1OC(OC(c2ccccc2)[N+](=O)[O-])[C@H](O)[C@@H](O)[C@@H]1O. The van der Waals surface area contributed by atoms with Gasteiger partial charge in [0, 0.05) is 0 Å². The van der Waals surface area contributed by atoms with E-state index in [-0.39, 0.29) is 5.56 Å². The minimum Gasteiger partial charge on any atom is -0.388 e. The lowest BCUT2D eigenvalue weighted by Crippen LogP contribution is -2.57. The first-order valence-corrected chi connectivity index (χ1v) is 6.45. The molecule has 0 aromatic heterocycles. The second-order valence-corrected chi connectivity index (χ2v) is 4.87. The van der Waals surface area contributed by atoms with Gasteiger partial charge >= 0.3 is 6.23 Å². The highest BCUT2D eigenvalue weighted by molar-refractivity contribution is 5.15. The monoisotopic (exact) mass is 299 g/mol. The summed E-state index contributed by atoms with van der Waals surface area (Å²) >= 11 is 0. The Morgan fingerprint density at radius 2 is 1.81 bits per heavy atom. The van der Waals surface area contributed by atoms with Crippen molar-refractivity contribution in [1.82, 2.24) is 0 Å². The van der Waals surface area contributed by atoms with E-state index in [0.717, 1.165) is 0 Å². The molecule has 1 heterocycles. The smallest absolute Gasteiger partial charge is 0.344 e. The maximum absolute atomic E-state index is 11.1. The molecular weight excluding hydrogens is 282 g/mol. The van der Waals surface area contributed by atoms with E-state index < -0.39 is 41.9 Å². The van der Waals surface area contributed by atoms with Gasteiger partial charge in [0.05, 0.1) is 16.6 Å². The summed E-state index contributed by atoms with van der Waals surface area (Å²) in [4.78, 5) is 10.5. The Morgan fingerprint density at radius 1 is 1.19 bits per heavy atom. The molecule has 1 fully saturated rings. The van der Waals surface area contributed by atoms with Gasteiger partial charge in [-0.25, -0.2) is 0 Å². The van der Waals surface area contributed by atoms with Crippen molar-refractivity contribution < 1.29 is 29.7 Å². The van der Waals surface area contributed by atoms with Crippen LogP contribution in [-0.4, -0.2) is 50.9 Å². The molecule has 2 unspecified atom stereocenters. The van der Waals surface area contributed by atoms with E-state index in [9.17, 15) is 25.4 Å². The summed E-state index contributed by atoms with van der Waals surface area (Å²) in [5, 5.41) is 40.2. The standard InChI is InChI=1S/C13H17NO7/c1-7-9(15)10(16)11(17)13(20-7)21-12(14(18)19)8-5-3-2-4-6-8/h2-7,9-13,15-17H,1H3/t7-,9-,10+,11-,12?,13?/m1/s1. The molecule has 8 heteroatoms. The Kier molecular flexibility index (Phi) is 4.86. The Bertz CT molecular complexity index is 483. The van der Waals surface area contributed by atoms with Crippen molar-refractivity contribution in [3.8, 4) is 0 Å². The van der Waals surface area contributed by atoms with Gasteiger partial charge in [-0.2, -0.15) is 0 Å². The van der Waals surface area contributed by atoms with E-state index in [1.54, 1.807) is 18.2 Å². The molecule has 1 aromatic carbocycles. The van der Waals surface area contributed by atoms with E-state index in [2.05, 4.69) is 0 Å². The number of hydrogen-bond acceptors (Lipinski definition) is 7. The molecule has 0 spiro atoms. The van der Waals surface area contributed by atoms with Gasteiger partial charge in [0.1, 0.15) is 18.3 Å². The van der Waals surface area contributed by atoms with E-state index in [4.69, 9.17) is 9.47 Å². The third kappa shape index (κ3) is 3.36. The van der Waals surface area contributed by atoms with E-state index in [1.807, 2.05) is 0 Å². The summed E-state index contributed by atoms with van der Waals surface area (Å²) in [6.07, 6.45) is -8.14. The van der Waals surface area contributed by atoms with Gasteiger partial charge in [-0.05, 0) is 19.1 Å². The summed E-state index contributed by atoms with van der Waals surface area (Å²) in [5.41, 5.74) is 0.284. The quantitative estimate of drug-likeness (QED) is 0.400. The van der Waals surface area contributed by atoms with E-state index in [1.165, 1.54) is 19.1 Å². The molecule has 3 N–H and O–H groups in total. The van der Waals surface area contributed by atoms with Gasteiger partial charge in [-0.1, -0.05) is 18.2 Å². The van der Waals surface area contributed by atoms with Crippen LogP contribution in [0, 0.1) is 10.1 Å². The first-order chi connectivity index (χ1) is 9.91. The molecule has 2 rings (SSSR count). The minimum atomic E-state index is -1.58.